The van der Waals surface area contributed by atoms with E-state index in [-0.39, 0.29) is 11.9 Å². The SMILES string of the molecule is NCCCNC1CCCOc2ccc(F)cc21. The fourth-order valence-electron chi connectivity index (χ4n) is 2.14. The summed E-state index contributed by atoms with van der Waals surface area (Å²) in [4.78, 5) is 0. The Morgan fingerprint density at radius 2 is 2.35 bits per heavy atom. The van der Waals surface area contributed by atoms with Gasteiger partial charge in [0.2, 0.25) is 0 Å². The van der Waals surface area contributed by atoms with Gasteiger partial charge in [0.05, 0.1) is 6.61 Å². The van der Waals surface area contributed by atoms with Crippen LogP contribution in [0.4, 0.5) is 4.39 Å². The van der Waals surface area contributed by atoms with E-state index in [9.17, 15) is 4.39 Å². The first-order valence-corrected chi connectivity index (χ1v) is 6.17. The second-order valence-corrected chi connectivity index (χ2v) is 4.32. The predicted octanol–water partition coefficient (Wildman–Crippen LogP) is 1.98. The third kappa shape index (κ3) is 3.17. The van der Waals surface area contributed by atoms with Crippen molar-refractivity contribution in [3.63, 3.8) is 0 Å². The molecule has 0 bridgehead atoms. The van der Waals surface area contributed by atoms with E-state index < -0.39 is 0 Å². The van der Waals surface area contributed by atoms with Crippen molar-refractivity contribution in [3.8, 4) is 5.75 Å². The molecule has 1 aromatic rings. The van der Waals surface area contributed by atoms with Gasteiger partial charge in [-0.1, -0.05) is 0 Å². The number of nitrogens with one attached hydrogen (secondary N) is 1. The number of ether oxygens (including phenoxy) is 1. The van der Waals surface area contributed by atoms with Crippen LogP contribution in [0.3, 0.4) is 0 Å². The third-order valence-corrected chi connectivity index (χ3v) is 3.01. The highest BCUT2D eigenvalue weighted by Crippen LogP contribution is 2.31. The lowest BCUT2D eigenvalue weighted by Crippen LogP contribution is -2.24. The number of halogens is 1. The molecule has 1 aliphatic rings. The Kier molecular flexibility index (Phi) is 4.34. The van der Waals surface area contributed by atoms with Crippen LogP contribution in [0.25, 0.3) is 0 Å². The molecule has 0 spiro atoms. The minimum Gasteiger partial charge on any atom is -0.493 e. The largest absolute Gasteiger partial charge is 0.493 e. The highest BCUT2D eigenvalue weighted by Gasteiger charge is 2.19. The van der Waals surface area contributed by atoms with Gasteiger partial charge in [-0.15, -0.1) is 0 Å². The van der Waals surface area contributed by atoms with Crippen LogP contribution < -0.4 is 15.8 Å². The van der Waals surface area contributed by atoms with Crippen molar-refractivity contribution < 1.29 is 9.13 Å². The molecule has 0 saturated carbocycles. The topological polar surface area (TPSA) is 47.3 Å². The Morgan fingerprint density at radius 1 is 1.47 bits per heavy atom. The number of hydrogen-bond donors (Lipinski definition) is 2. The minimum atomic E-state index is -0.208. The van der Waals surface area contributed by atoms with Crippen molar-refractivity contribution in [2.24, 2.45) is 5.73 Å². The molecule has 1 unspecified atom stereocenters. The zero-order valence-corrected chi connectivity index (χ0v) is 9.92. The number of hydrogen-bond acceptors (Lipinski definition) is 3. The third-order valence-electron chi connectivity index (χ3n) is 3.01. The van der Waals surface area contributed by atoms with Crippen LogP contribution in [0.5, 0.6) is 5.75 Å². The van der Waals surface area contributed by atoms with Crippen LogP contribution in [-0.4, -0.2) is 19.7 Å². The van der Waals surface area contributed by atoms with E-state index in [0.29, 0.717) is 13.2 Å². The molecule has 0 amide bonds. The summed E-state index contributed by atoms with van der Waals surface area (Å²) in [7, 11) is 0. The summed E-state index contributed by atoms with van der Waals surface area (Å²) in [5, 5.41) is 3.42. The van der Waals surface area contributed by atoms with Gasteiger partial charge in [-0.3, -0.25) is 0 Å². The molecule has 0 radical (unpaired) electrons. The summed E-state index contributed by atoms with van der Waals surface area (Å²) in [5.41, 5.74) is 6.40. The number of rotatable bonds is 4. The first kappa shape index (κ1) is 12.3. The zero-order chi connectivity index (χ0) is 12.1. The van der Waals surface area contributed by atoms with Crippen LogP contribution in [0, 0.1) is 5.82 Å². The maximum atomic E-state index is 13.3. The molecule has 1 heterocycles. The van der Waals surface area contributed by atoms with Gasteiger partial charge in [-0.25, -0.2) is 4.39 Å². The highest BCUT2D eigenvalue weighted by molar-refractivity contribution is 5.37. The normalized spacial score (nSPS) is 19.3. The maximum Gasteiger partial charge on any atom is 0.124 e. The standard InChI is InChI=1S/C13H19FN2O/c14-10-4-5-13-11(9-10)12(3-1-8-17-13)16-7-2-6-15/h4-5,9,12,16H,1-3,6-8,15H2. The van der Waals surface area contributed by atoms with Gasteiger partial charge in [0, 0.05) is 11.6 Å². The Bertz CT molecular complexity index is 370. The van der Waals surface area contributed by atoms with E-state index in [0.717, 1.165) is 37.1 Å². The molecular formula is C13H19FN2O. The van der Waals surface area contributed by atoms with Crippen molar-refractivity contribution in [1.82, 2.24) is 5.32 Å². The molecule has 0 fully saturated rings. The molecule has 0 saturated heterocycles. The Labute approximate surface area is 101 Å². The molecule has 0 aromatic heterocycles. The second-order valence-electron chi connectivity index (χ2n) is 4.32. The van der Waals surface area contributed by atoms with Gasteiger partial charge < -0.3 is 15.8 Å². The number of nitrogens with two attached hydrogens (primary N) is 1. The monoisotopic (exact) mass is 238 g/mol. The summed E-state index contributed by atoms with van der Waals surface area (Å²) in [6.07, 6.45) is 2.89. The summed E-state index contributed by atoms with van der Waals surface area (Å²) < 4.78 is 18.9. The molecule has 1 atom stereocenters. The summed E-state index contributed by atoms with van der Waals surface area (Å²) in [5.74, 6) is 0.592. The molecule has 1 aliphatic heterocycles. The summed E-state index contributed by atoms with van der Waals surface area (Å²) in [6, 6.07) is 4.91. The van der Waals surface area contributed by atoms with Gasteiger partial charge >= 0.3 is 0 Å². The lowest BCUT2D eigenvalue weighted by Gasteiger charge is -2.18. The van der Waals surface area contributed by atoms with Gasteiger partial charge in [-0.2, -0.15) is 0 Å². The average Bonchev–Trinajstić information content (AvgIpc) is 2.52. The van der Waals surface area contributed by atoms with Crippen LogP contribution in [0.15, 0.2) is 18.2 Å². The van der Waals surface area contributed by atoms with E-state index in [1.807, 2.05) is 0 Å². The summed E-state index contributed by atoms with van der Waals surface area (Å²) >= 11 is 0. The fraction of sp³-hybridized carbons (Fsp3) is 0.538. The molecule has 1 aromatic carbocycles. The lowest BCUT2D eigenvalue weighted by atomic mass is 10.0. The van der Waals surface area contributed by atoms with Crippen molar-refractivity contribution >= 4 is 0 Å². The predicted molar refractivity (Wildman–Crippen MR) is 65.5 cm³/mol. The van der Waals surface area contributed by atoms with Crippen molar-refractivity contribution in [2.45, 2.75) is 25.3 Å². The van der Waals surface area contributed by atoms with E-state index in [2.05, 4.69) is 5.32 Å². The van der Waals surface area contributed by atoms with Gasteiger partial charge in [0.1, 0.15) is 11.6 Å². The molecule has 3 nitrogen and oxygen atoms in total. The van der Waals surface area contributed by atoms with E-state index in [1.165, 1.54) is 6.07 Å². The number of fused-ring (bicyclic) bond motifs is 1. The highest BCUT2D eigenvalue weighted by atomic mass is 19.1. The smallest absolute Gasteiger partial charge is 0.124 e. The second kappa shape index (κ2) is 5.98. The molecule has 2 rings (SSSR count). The Morgan fingerprint density at radius 3 is 3.18 bits per heavy atom. The molecule has 4 heteroatoms. The van der Waals surface area contributed by atoms with Crippen LogP contribution in [-0.2, 0) is 0 Å². The Balaban J connectivity index is 2.13. The van der Waals surface area contributed by atoms with Crippen LogP contribution in [0.2, 0.25) is 0 Å². The van der Waals surface area contributed by atoms with Crippen molar-refractivity contribution in [2.75, 3.05) is 19.7 Å². The van der Waals surface area contributed by atoms with Crippen molar-refractivity contribution in [3.05, 3.63) is 29.6 Å². The molecule has 0 aliphatic carbocycles. The van der Waals surface area contributed by atoms with E-state index in [4.69, 9.17) is 10.5 Å². The van der Waals surface area contributed by atoms with Gasteiger partial charge in [-0.05, 0) is 50.6 Å². The van der Waals surface area contributed by atoms with Crippen LogP contribution in [0.1, 0.15) is 30.9 Å². The minimum absolute atomic E-state index is 0.176. The first-order valence-electron chi connectivity index (χ1n) is 6.17. The zero-order valence-electron chi connectivity index (χ0n) is 9.92. The molecule has 94 valence electrons. The van der Waals surface area contributed by atoms with Gasteiger partial charge in [0.25, 0.3) is 0 Å². The number of benzene rings is 1. The maximum absolute atomic E-state index is 13.3. The average molecular weight is 238 g/mol. The van der Waals surface area contributed by atoms with E-state index in [1.54, 1.807) is 12.1 Å². The lowest BCUT2D eigenvalue weighted by molar-refractivity contribution is 0.315. The first-order chi connectivity index (χ1) is 8.31. The van der Waals surface area contributed by atoms with Gasteiger partial charge in [0.15, 0.2) is 0 Å². The molecule has 3 N–H and O–H groups in total. The molecule has 17 heavy (non-hydrogen) atoms. The quantitative estimate of drug-likeness (QED) is 0.788. The van der Waals surface area contributed by atoms with E-state index >= 15 is 0 Å². The van der Waals surface area contributed by atoms with Crippen LogP contribution >= 0.6 is 0 Å². The molecular weight excluding hydrogens is 219 g/mol. The fourth-order valence-corrected chi connectivity index (χ4v) is 2.14. The summed E-state index contributed by atoms with van der Waals surface area (Å²) in [6.45, 7) is 2.23. The Hall–Kier alpha value is -1.13. The van der Waals surface area contributed by atoms with Crippen molar-refractivity contribution in [1.29, 1.82) is 0 Å².